The number of rotatable bonds is 2. The Bertz CT molecular complexity index is 405. The van der Waals surface area contributed by atoms with Gasteiger partial charge in [0, 0.05) is 6.61 Å². The fraction of sp³-hybridized carbons (Fsp3) is 0.364. The predicted octanol–water partition coefficient (Wildman–Crippen LogP) is 3.08. The fourth-order valence-corrected chi connectivity index (χ4v) is 2.11. The molecule has 1 aromatic carbocycles. The molecule has 0 radical (unpaired) electrons. The largest absolute Gasteiger partial charge is 0.381 e. The Morgan fingerprint density at radius 1 is 1.56 bits per heavy atom. The summed E-state index contributed by atoms with van der Waals surface area (Å²) < 4.78 is 5.88. The van der Waals surface area contributed by atoms with E-state index in [4.69, 9.17) is 16.3 Å². The summed E-state index contributed by atoms with van der Waals surface area (Å²) in [6.45, 7) is 1.17. The average Bonchev–Trinajstić information content (AvgIpc) is 2.78. The van der Waals surface area contributed by atoms with Gasteiger partial charge in [-0.2, -0.15) is 0 Å². The number of carbonyl (C=O) groups is 1. The van der Waals surface area contributed by atoms with Crippen LogP contribution < -0.4 is 5.32 Å². The van der Waals surface area contributed by atoms with E-state index in [1.54, 1.807) is 12.1 Å². The van der Waals surface area contributed by atoms with E-state index in [2.05, 4.69) is 21.2 Å². The first-order chi connectivity index (χ1) is 7.68. The molecule has 1 aliphatic heterocycles. The lowest BCUT2D eigenvalue weighted by molar-refractivity contribution is -0.119. The number of benzene rings is 1. The topological polar surface area (TPSA) is 38.3 Å². The van der Waals surface area contributed by atoms with Crippen LogP contribution in [0.1, 0.15) is 6.42 Å². The summed E-state index contributed by atoms with van der Waals surface area (Å²) in [6, 6.07) is 5.37. The molecule has 1 heterocycles. The van der Waals surface area contributed by atoms with Crippen LogP contribution in [0, 0.1) is 5.92 Å². The van der Waals surface area contributed by atoms with Gasteiger partial charge >= 0.3 is 0 Å². The second kappa shape index (κ2) is 5.17. The van der Waals surface area contributed by atoms with E-state index in [0.29, 0.717) is 28.4 Å². The molecule has 1 fully saturated rings. The zero-order valence-electron chi connectivity index (χ0n) is 8.50. The van der Waals surface area contributed by atoms with Crippen molar-refractivity contribution in [1.82, 2.24) is 0 Å². The molecule has 1 saturated heterocycles. The quantitative estimate of drug-likeness (QED) is 0.912. The number of hydrogen-bond acceptors (Lipinski definition) is 2. The summed E-state index contributed by atoms with van der Waals surface area (Å²) >= 11 is 9.27. The van der Waals surface area contributed by atoms with Gasteiger partial charge in [0.05, 0.1) is 27.7 Å². The van der Waals surface area contributed by atoms with Crippen LogP contribution in [0.2, 0.25) is 5.02 Å². The molecule has 1 N–H and O–H groups in total. The molecule has 2 rings (SSSR count). The molecule has 3 nitrogen and oxygen atoms in total. The summed E-state index contributed by atoms with van der Waals surface area (Å²) in [5.41, 5.74) is 0.699. The van der Waals surface area contributed by atoms with Crippen molar-refractivity contribution in [2.45, 2.75) is 6.42 Å². The molecule has 1 atom stereocenters. The van der Waals surface area contributed by atoms with E-state index in [1.165, 1.54) is 0 Å². The van der Waals surface area contributed by atoms with Crippen LogP contribution in [0.3, 0.4) is 0 Å². The average molecular weight is 305 g/mol. The van der Waals surface area contributed by atoms with Crippen LogP contribution in [0.5, 0.6) is 0 Å². The van der Waals surface area contributed by atoms with Gasteiger partial charge in [0.2, 0.25) is 5.91 Å². The van der Waals surface area contributed by atoms with E-state index in [1.807, 2.05) is 6.07 Å². The highest BCUT2D eigenvalue weighted by Gasteiger charge is 2.24. The minimum Gasteiger partial charge on any atom is -0.381 e. The van der Waals surface area contributed by atoms with Crippen LogP contribution in [-0.4, -0.2) is 19.1 Å². The smallest absolute Gasteiger partial charge is 0.229 e. The highest BCUT2D eigenvalue weighted by molar-refractivity contribution is 9.10. The van der Waals surface area contributed by atoms with E-state index in [0.717, 1.165) is 6.42 Å². The molecule has 5 heteroatoms. The maximum absolute atomic E-state index is 11.8. The molecular formula is C11H11BrClNO2. The van der Waals surface area contributed by atoms with Gasteiger partial charge in [-0.15, -0.1) is 0 Å². The van der Waals surface area contributed by atoms with E-state index < -0.39 is 0 Å². The van der Waals surface area contributed by atoms with Crippen molar-refractivity contribution in [3.63, 3.8) is 0 Å². The molecule has 0 aliphatic carbocycles. The van der Waals surface area contributed by atoms with Crippen LogP contribution in [-0.2, 0) is 9.53 Å². The number of carbonyl (C=O) groups excluding carboxylic acids is 1. The predicted molar refractivity (Wildman–Crippen MR) is 66.7 cm³/mol. The van der Waals surface area contributed by atoms with Gasteiger partial charge < -0.3 is 10.1 Å². The third kappa shape index (κ3) is 2.56. The van der Waals surface area contributed by atoms with Crippen molar-refractivity contribution in [2.24, 2.45) is 5.92 Å². The van der Waals surface area contributed by atoms with Gasteiger partial charge in [-0.05, 0) is 34.5 Å². The first-order valence-electron chi connectivity index (χ1n) is 5.01. The van der Waals surface area contributed by atoms with Gasteiger partial charge in [0.1, 0.15) is 0 Å². The summed E-state index contributed by atoms with van der Waals surface area (Å²) in [4.78, 5) is 11.8. The van der Waals surface area contributed by atoms with Crippen molar-refractivity contribution >= 4 is 39.1 Å². The Labute approximate surface area is 107 Å². The van der Waals surface area contributed by atoms with E-state index in [-0.39, 0.29) is 11.8 Å². The van der Waals surface area contributed by atoms with Crippen molar-refractivity contribution in [2.75, 3.05) is 18.5 Å². The van der Waals surface area contributed by atoms with Gasteiger partial charge in [0.15, 0.2) is 0 Å². The maximum Gasteiger partial charge on any atom is 0.229 e. The highest BCUT2D eigenvalue weighted by atomic mass is 79.9. The summed E-state index contributed by atoms with van der Waals surface area (Å²) in [6.07, 6.45) is 0.782. The van der Waals surface area contributed by atoms with Crippen molar-refractivity contribution in [3.8, 4) is 0 Å². The molecule has 1 aliphatic rings. The Balaban J connectivity index is 2.08. The molecule has 0 bridgehead atoms. The van der Waals surface area contributed by atoms with Crippen LogP contribution in [0.25, 0.3) is 0 Å². The minimum atomic E-state index is -0.0501. The van der Waals surface area contributed by atoms with E-state index in [9.17, 15) is 4.79 Å². The van der Waals surface area contributed by atoms with Crippen molar-refractivity contribution in [1.29, 1.82) is 0 Å². The number of nitrogens with one attached hydrogen (secondary N) is 1. The van der Waals surface area contributed by atoms with Crippen molar-refractivity contribution < 1.29 is 9.53 Å². The van der Waals surface area contributed by atoms with Crippen LogP contribution in [0.15, 0.2) is 22.7 Å². The summed E-state index contributed by atoms with van der Waals surface area (Å²) in [7, 11) is 0. The lowest BCUT2D eigenvalue weighted by Gasteiger charge is -2.11. The molecular weight excluding hydrogens is 293 g/mol. The number of ether oxygens (including phenoxy) is 1. The second-order valence-electron chi connectivity index (χ2n) is 3.65. The number of halogens is 2. The SMILES string of the molecule is O=C(Nc1cccc(Cl)c1Br)C1CCOC1. The van der Waals surface area contributed by atoms with Gasteiger partial charge in [-0.1, -0.05) is 17.7 Å². The summed E-state index contributed by atoms with van der Waals surface area (Å²) in [5.74, 6) is -0.0636. The molecule has 86 valence electrons. The maximum atomic E-state index is 11.8. The fourth-order valence-electron chi connectivity index (χ4n) is 1.58. The molecule has 0 spiro atoms. The molecule has 1 aromatic rings. The monoisotopic (exact) mass is 303 g/mol. The third-order valence-electron chi connectivity index (χ3n) is 2.51. The van der Waals surface area contributed by atoms with Crippen molar-refractivity contribution in [3.05, 3.63) is 27.7 Å². The van der Waals surface area contributed by atoms with Gasteiger partial charge in [-0.25, -0.2) is 0 Å². The lowest BCUT2D eigenvalue weighted by Crippen LogP contribution is -2.23. The van der Waals surface area contributed by atoms with Gasteiger partial charge in [-0.3, -0.25) is 4.79 Å². The zero-order chi connectivity index (χ0) is 11.5. The minimum absolute atomic E-state index is 0.0135. The first-order valence-corrected chi connectivity index (χ1v) is 6.18. The van der Waals surface area contributed by atoms with Crippen LogP contribution in [0.4, 0.5) is 5.69 Å². The Hall–Kier alpha value is -0.580. The standard InChI is InChI=1S/C11H11BrClNO2/c12-10-8(13)2-1-3-9(10)14-11(15)7-4-5-16-6-7/h1-3,7H,4-6H2,(H,14,15). The lowest BCUT2D eigenvalue weighted by atomic mass is 10.1. The van der Waals surface area contributed by atoms with Crippen LogP contribution >= 0.6 is 27.5 Å². The normalized spacial score (nSPS) is 19.8. The zero-order valence-corrected chi connectivity index (χ0v) is 10.8. The van der Waals surface area contributed by atoms with Gasteiger partial charge in [0.25, 0.3) is 0 Å². The highest BCUT2D eigenvalue weighted by Crippen LogP contribution is 2.30. The molecule has 0 aromatic heterocycles. The third-order valence-corrected chi connectivity index (χ3v) is 3.91. The second-order valence-corrected chi connectivity index (χ2v) is 4.85. The molecule has 0 saturated carbocycles. The Morgan fingerprint density at radius 3 is 3.06 bits per heavy atom. The van der Waals surface area contributed by atoms with E-state index >= 15 is 0 Å². The molecule has 1 unspecified atom stereocenters. The number of amides is 1. The first kappa shape index (κ1) is 11.9. The number of anilines is 1. The molecule has 1 amide bonds. The Kier molecular flexibility index (Phi) is 3.84. The Morgan fingerprint density at radius 2 is 2.38 bits per heavy atom. The summed E-state index contributed by atoms with van der Waals surface area (Å²) in [5, 5.41) is 3.43. The molecule has 16 heavy (non-hydrogen) atoms. The number of hydrogen-bond donors (Lipinski definition) is 1.